The number of hydrogen-bond acceptors (Lipinski definition) is 5. The fourth-order valence-corrected chi connectivity index (χ4v) is 4.56. The minimum atomic E-state index is -5.39. The number of nitrogens with one attached hydrogen (secondary N) is 2. The van der Waals surface area contributed by atoms with Crippen molar-refractivity contribution in [3.05, 3.63) is 98.1 Å². The third kappa shape index (κ3) is 4.65. The van der Waals surface area contributed by atoms with Crippen molar-refractivity contribution in [1.82, 2.24) is 19.3 Å². The Morgan fingerprint density at radius 3 is 2.33 bits per heavy atom. The van der Waals surface area contributed by atoms with Crippen molar-refractivity contribution in [3.8, 4) is 5.69 Å². The summed E-state index contributed by atoms with van der Waals surface area (Å²) in [5.41, 5.74) is -8.80. The zero-order valence-corrected chi connectivity index (χ0v) is 20.9. The van der Waals surface area contributed by atoms with Crippen LogP contribution in [0.1, 0.15) is 32.1 Å². The maximum absolute atomic E-state index is 14.3. The summed E-state index contributed by atoms with van der Waals surface area (Å²) in [6.45, 7) is 0. The Bertz CT molecular complexity index is 2060. The summed E-state index contributed by atoms with van der Waals surface area (Å²) in [5, 5.41) is 14.2. The molecule has 1 amide bonds. The molecule has 42 heavy (non-hydrogen) atoms. The van der Waals surface area contributed by atoms with E-state index < -0.39 is 74.6 Å². The molecule has 10 nitrogen and oxygen atoms in total. The zero-order chi connectivity index (χ0) is 30.7. The maximum atomic E-state index is 14.3. The highest BCUT2D eigenvalue weighted by Crippen LogP contribution is 2.38. The van der Waals surface area contributed by atoms with Crippen molar-refractivity contribution >= 4 is 39.1 Å². The fraction of sp³-hybridized carbons (Fsp3) is 0.115. The first-order valence-corrected chi connectivity index (χ1v) is 11.7. The van der Waals surface area contributed by atoms with Crippen LogP contribution in [0.15, 0.2) is 64.4 Å². The summed E-state index contributed by atoms with van der Waals surface area (Å²) in [7, 11) is 1.23. The molecule has 5 aromatic rings. The molecule has 0 fully saturated rings. The number of aryl methyl sites for hydroxylation is 1. The Kier molecular flexibility index (Phi) is 6.43. The molecule has 3 aromatic heterocycles. The Balaban J connectivity index is 1.72. The lowest BCUT2D eigenvalue weighted by Gasteiger charge is -2.14. The number of pyridine rings is 2. The lowest BCUT2D eigenvalue weighted by Crippen LogP contribution is -2.21. The van der Waals surface area contributed by atoms with E-state index in [1.165, 1.54) is 31.4 Å². The van der Waals surface area contributed by atoms with E-state index in [-0.39, 0.29) is 20.8 Å². The minimum absolute atomic E-state index is 0.0657. The van der Waals surface area contributed by atoms with Crippen LogP contribution in [-0.2, 0) is 19.4 Å². The zero-order valence-electron chi connectivity index (χ0n) is 20.9. The van der Waals surface area contributed by atoms with Crippen molar-refractivity contribution in [2.24, 2.45) is 7.05 Å². The number of H-pyrrole nitrogens is 1. The number of hydrogen-bond donors (Lipinski definition) is 3. The number of amides is 1. The average molecular weight is 591 g/mol. The highest BCUT2D eigenvalue weighted by Gasteiger charge is 2.44. The van der Waals surface area contributed by atoms with Crippen LogP contribution in [0.3, 0.4) is 0 Å². The van der Waals surface area contributed by atoms with Gasteiger partial charge in [-0.15, -0.1) is 0 Å². The van der Waals surface area contributed by atoms with E-state index in [4.69, 9.17) is 0 Å². The molecule has 0 atom stereocenters. The van der Waals surface area contributed by atoms with Crippen molar-refractivity contribution < 1.29 is 41.0 Å². The molecule has 3 heterocycles. The molecule has 0 radical (unpaired) electrons. The molecule has 5 rings (SSSR count). The molecule has 0 aliphatic heterocycles. The Morgan fingerprint density at radius 1 is 0.976 bits per heavy atom. The van der Waals surface area contributed by atoms with Gasteiger partial charge in [-0.05, 0) is 41.8 Å². The Labute approximate surface area is 228 Å². The van der Waals surface area contributed by atoms with E-state index in [9.17, 15) is 50.6 Å². The number of aromatic nitrogens is 4. The number of alkyl halides is 6. The topological polar surface area (TPSA) is 139 Å². The van der Waals surface area contributed by atoms with Gasteiger partial charge in [0.1, 0.15) is 5.56 Å². The molecule has 216 valence electrons. The van der Waals surface area contributed by atoms with Crippen LogP contribution in [0.5, 0.6) is 0 Å². The monoisotopic (exact) mass is 591 g/mol. The third-order valence-corrected chi connectivity index (χ3v) is 6.35. The standard InChI is InChI=1S/C26H15F6N5O5/c1-36-8-6-11-9-12(10-15(25(27,28)29)17(11)23(36)40)34-22(39)19-18(24(41)42)20(26(30,31)32)37(35-19)16-4-2-3-14-13(16)5-7-33-21(14)38/h2-10H,1H3,(H,33,38)(H,34,39)(H,41,42). The number of fused-ring (bicyclic) bond motifs is 2. The normalized spacial score (nSPS) is 12.2. The number of anilines is 1. The van der Waals surface area contributed by atoms with Gasteiger partial charge in [-0.25, -0.2) is 9.48 Å². The summed E-state index contributed by atoms with van der Waals surface area (Å²) in [5.74, 6) is -3.78. The minimum Gasteiger partial charge on any atom is -0.478 e. The Hall–Kier alpha value is -5.41. The molecule has 3 N–H and O–H groups in total. The molecule has 0 saturated carbocycles. The lowest BCUT2D eigenvalue weighted by molar-refractivity contribution is -0.143. The van der Waals surface area contributed by atoms with Crippen LogP contribution in [0.2, 0.25) is 0 Å². The molecule has 0 aliphatic carbocycles. The van der Waals surface area contributed by atoms with Gasteiger partial charge < -0.3 is 20.0 Å². The molecular weight excluding hydrogens is 576 g/mol. The van der Waals surface area contributed by atoms with E-state index >= 15 is 0 Å². The summed E-state index contributed by atoms with van der Waals surface area (Å²) in [6, 6.07) is 7.40. The van der Waals surface area contributed by atoms with Crippen LogP contribution >= 0.6 is 0 Å². The SMILES string of the molecule is Cn1ccc2cc(NC(=O)c3nn(-c4cccc5c(=O)[nH]ccc45)c(C(F)(F)F)c3C(=O)O)cc(C(F)(F)F)c2c1=O. The third-order valence-electron chi connectivity index (χ3n) is 6.35. The molecule has 0 aliphatic rings. The first-order valence-electron chi connectivity index (χ1n) is 11.7. The predicted molar refractivity (Wildman–Crippen MR) is 136 cm³/mol. The first-order chi connectivity index (χ1) is 19.6. The number of carbonyl (C=O) groups excluding carboxylic acids is 1. The second-order valence-corrected chi connectivity index (χ2v) is 9.00. The number of aromatic carboxylic acids is 1. The predicted octanol–water partition coefficient (Wildman–Crippen LogP) is 4.55. The smallest absolute Gasteiger partial charge is 0.434 e. The van der Waals surface area contributed by atoms with Gasteiger partial charge in [0.25, 0.3) is 17.0 Å². The molecule has 16 heteroatoms. The van der Waals surface area contributed by atoms with Gasteiger partial charge in [-0.3, -0.25) is 14.4 Å². The van der Waals surface area contributed by atoms with E-state index in [0.717, 1.165) is 29.0 Å². The summed E-state index contributed by atoms with van der Waals surface area (Å²) >= 11 is 0. The van der Waals surface area contributed by atoms with Crippen molar-refractivity contribution in [2.75, 3.05) is 5.32 Å². The molecule has 0 unspecified atom stereocenters. The van der Waals surface area contributed by atoms with Gasteiger partial charge in [0.05, 0.1) is 16.6 Å². The van der Waals surface area contributed by atoms with E-state index in [2.05, 4.69) is 10.1 Å². The highest BCUT2D eigenvalue weighted by atomic mass is 19.4. The second kappa shape index (κ2) is 9.60. The van der Waals surface area contributed by atoms with Crippen LogP contribution in [0, 0.1) is 0 Å². The fourth-order valence-electron chi connectivity index (χ4n) is 4.56. The number of carboxylic acid groups (broad SMARTS) is 1. The van der Waals surface area contributed by atoms with Crippen molar-refractivity contribution in [1.29, 1.82) is 0 Å². The van der Waals surface area contributed by atoms with Gasteiger partial charge in [-0.2, -0.15) is 31.4 Å². The quantitative estimate of drug-likeness (QED) is 0.262. The lowest BCUT2D eigenvalue weighted by atomic mass is 10.0. The number of carboxylic acids is 1. The van der Waals surface area contributed by atoms with E-state index in [0.29, 0.717) is 6.07 Å². The summed E-state index contributed by atoms with van der Waals surface area (Å²) in [4.78, 5) is 52.2. The molecule has 0 spiro atoms. The van der Waals surface area contributed by atoms with Gasteiger partial charge >= 0.3 is 18.3 Å². The number of carbonyl (C=O) groups is 2. The number of halogens is 6. The number of aromatic amines is 1. The number of benzene rings is 2. The van der Waals surface area contributed by atoms with Crippen molar-refractivity contribution in [3.63, 3.8) is 0 Å². The number of nitrogens with zero attached hydrogens (tertiary/aromatic N) is 3. The van der Waals surface area contributed by atoms with Crippen LogP contribution in [-0.4, -0.2) is 36.3 Å². The molecular formula is C26H15F6N5O5. The van der Waals surface area contributed by atoms with Crippen LogP contribution < -0.4 is 16.4 Å². The second-order valence-electron chi connectivity index (χ2n) is 9.00. The van der Waals surface area contributed by atoms with Crippen LogP contribution in [0.4, 0.5) is 32.0 Å². The average Bonchev–Trinajstić information content (AvgIpc) is 3.32. The highest BCUT2D eigenvalue weighted by molar-refractivity contribution is 6.11. The van der Waals surface area contributed by atoms with Crippen LogP contribution in [0.25, 0.3) is 27.2 Å². The van der Waals surface area contributed by atoms with Gasteiger partial charge in [0, 0.05) is 35.9 Å². The first kappa shape index (κ1) is 28.1. The van der Waals surface area contributed by atoms with Gasteiger partial charge in [0.15, 0.2) is 11.4 Å². The van der Waals surface area contributed by atoms with Crippen molar-refractivity contribution in [2.45, 2.75) is 12.4 Å². The van der Waals surface area contributed by atoms with E-state index in [1.807, 2.05) is 5.32 Å². The number of rotatable bonds is 4. The summed E-state index contributed by atoms with van der Waals surface area (Å²) < 4.78 is 85.5. The largest absolute Gasteiger partial charge is 0.478 e. The van der Waals surface area contributed by atoms with E-state index in [1.54, 1.807) is 0 Å². The Morgan fingerprint density at radius 2 is 1.69 bits per heavy atom. The maximum Gasteiger partial charge on any atom is 0.434 e. The molecule has 2 aromatic carbocycles. The summed E-state index contributed by atoms with van der Waals surface area (Å²) in [6.07, 6.45) is -8.15. The van der Waals surface area contributed by atoms with Gasteiger partial charge in [-0.1, -0.05) is 6.07 Å². The van der Waals surface area contributed by atoms with Gasteiger partial charge in [0.2, 0.25) is 0 Å². The molecule has 0 bridgehead atoms. The molecule has 0 saturated heterocycles.